The second-order valence-corrected chi connectivity index (χ2v) is 5.11. The number of nitro groups is 1. The molecule has 2 N–H and O–H groups in total. The van der Waals surface area contributed by atoms with Gasteiger partial charge in [-0.25, -0.2) is 8.42 Å². The third-order valence-electron chi connectivity index (χ3n) is 2.16. The summed E-state index contributed by atoms with van der Waals surface area (Å²) in [5.74, 6) is -1.35. The van der Waals surface area contributed by atoms with Gasteiger partial charge in [0.1, 0.15) is 6.54 Å². The SMILES string of the molecule is Cc1c([N+](=O)[O-])cccc1S(=O)(=O)NCC(=O)O. The van der Waals surface area contributed by atoms with E-state index in [0.29, 0.717) is 0 Å². The fourth-order valence-corrected chi connectivity index (χ4v) is 2.56. The molecule has 0 fully saturated rings. The normalized spacial score (nSPS) is 11.2. The van der Waals surface area contributed by atoms with E-state index < -0.39 is 27.5 Å². The van der Waals surface area contributed by atoms with E-state index in [0.717, 1.165) is 0 Å². The molecular formula is C9H10N2O6S. The van der Waals surface area contributed by atoms with Crippen LogP contribution in [0.15, 0.2) is 23.1 Å². The zero-order chi connectivity index (χ0) is 13.9. The Balaban J connectivity index is 3.21. The molecule has 0 aliphatic heterocycles. The van der Waals surface area contributed by atoms with Gasteiger partial charge in [0.2, 0.25) is 10.0 Å². The van der Waals surface area contributed by atoms with Crippen molar-refractivity contribution in [3.8, 4) is 0 Å². The third-order valence-corrected chi connectivity index (χ3v) is 3.70. The van der Waals surface area contributed by atoms with Crippen molar-refractivity contribution in [3.05, 3.63) is 33.9 Å². The molecule has 98 valence electrons. The van der Waals surface area contributed by atoms with Crippen LogP contribution in [-0.4, -0.2) is 31.0 Å². The van der Waals surface area contributed by atoms with E-state index in [1.807, 2.05) is 4.72 Å². The molecule has 1 aromatic carbocycles. The summed E-state index contributed by atoms with van der Waals surface area (Å²) < 4.78 is 25.3. The van der Waals surface area contributed by atoms with Crippen LogP contribution in [0.1, 0.15) is 5.56 Å². The Morgan fingerprint density at radius 3 is 2.61 bits per heavy atom. The Hall–Kier alpha value is -2.00. The highest BCUT2D eigenvalue weighted by Gasteiger charge is 2.23. The van der Waals surface area contributed by atoms with Crippen LogP contribution in [0.25, 0.3) is 0 Å². The van der Waals surface area contributed by atoms with Crippen LogP contribution in [0.2, 0.25) is 0 Å². The molecule has 0 aliphatic rings. The van der Waals surface area contributed by atoms with Crippen LogP contribution in [0.5, 0.6) is 0 Å². The monoisotopic (exact) mass is 274 g/mol. The van der Waals surface area contributed by atoms with E-state index in [1.165, 1.54) is 25.1 Å². The van der Waals surface area contributed by atoms with Crippen LogP contribution in [0.3, 0.4) is 0 Å². The highest BCUT2D eigenvalue weighted by Crippen LogP contribution is 2.24. The minimum Gasteiger partial charge on any atom is -0.480 e. The van der Waals surface area contributed by atoms with Crippen LogP contribution in [0.4, 0.5) is 5.69 Å². The van der Waals surface area contributed by atoms with Gasteiger partial charge in [0.05, 0.1) is 9.82 Å². The topological polar surface area (TPSA) is 127 Å². The number of benzene rings is 1. The summed E-state index contributed by atoms with van der Waals surface area (Å²) in [6, 6.07) is 3.57. The molecule has 8 nitrogen and oxygen atoms in total. The van der Waals surface area contributed by atoms with E-state index >= 15 is 0 Å². The van der Waals surface area contributed by atoms with Gasteiger partial charge in [-0.1, -0.05) is 6.07 Å². The summed E-state index contributed by atoms with van der Waals surface area (Å²) in [5, 5.41) is 19.1. The van der Waals surface area contributed by atoms with E-state index in [-0.39, 0.29) is 16.1 Å². The van der Waals surface area contributed by atoms with Crippen molar-refractivity contribution in [2.75, 3.05) is 6.54 Å². The number of rotatable bonds is 5. The molecule has 18 heavy (non-hydrogen) atoms. The van der Waals surface area contributed by atoms with Crippen molar-refractivity contribution in [1.29, 1.82) is 0 Å². The molecule has 0 atom stereocenters. The van der Waals surface area contributed by atoms with Crippen molar-refractivity contribution in [1.82, 2.24) is 4.72 Å². The standard InChI is InChI=1S/C9H10N2O6S/c1-6-7(11(14)15)3-2-4-8(6)18(16,17)10-5-9(12)13/h2-4,10H,5H2,1H3,(H,12,13). The highest BCUT2D eigenvalue weighted by atomic mass is 32.2. The van der Waals surface area contributed by atoms with Gasteiger partial charge in [0, 0.05) is 11.6 Å². The number of aliphatic carboxylic acids is 1. The smallest absolute Gasteiger partial charge is 0.318 e. The first-order valence-electron chi connectivity index (χ1n) is 4.71. The summed E-state index contributed by atoms with van der Waals surface area (Å²) in [6.07, 6.45) is 0. The number of hydrogen-bond donors (Lipinski definition) is 2. The van der Waals surface area contributed by atoms with E-state index in [9.17, 15) is 23.3 Å². The van der Waals surface area contributed by atoms with Crippen LogP contribution in [0, 0.1) is 17.0 Å². The Bertz CT molecular complexity index is 595. The number of carboxylic acid groups (broad SMARTS) is 1. The highest BCUT2D eigenvalue weighted by molar-refractivity contribution is 7.89. The average molecular weight is 274 g/mol. The largest absolute Gasteiger partial charge is 0.480 e. The maximum Gasteiger partial charge on any atom is 0.318 e. The number of carboxylic acids is 1. The zero-order valence-corrected chi connectivity index (χ0v) is 10.1. The number of hydrogen-bond acceptors (Lipinski definition) is 5. The number of nitrogens with zero attached hydrogens (tertiary/aromatic N) is 1. The lowest BCUT2D eigenvalue weighted by molar-refractivity contribution is -0.385. The number of nitrogens with one attached hydrogen (secondary N) is 1. The molecule has 0 aliphatic carbocycles. The fraction of sp³-hybridized carbons (Fsp3) is 0.222. The van der Waals surface area contributed by atoms with E-state index in [1.54, 1.807) is 0 Å². The average Bonchev–Trinajstić information content (AvgIpc) is 2.26. The summed E-state index contributed by atoms with van der Waals surface area (Å²) in [5.41, 5.74) is -0.381. The van der Waals surface area contributed by atoms with Crippen LogP contribution >= 0.6 is 0 Å². The molecule has 0 radical (unpaired) electrons. The minimum absolute atomic E-state index is 0.0413. The Kier molecular flexibility index (Phi) is 3.99. The van der Waals surface area contributed by atoms with Crippen molar-refractivity contribution >= 4 is 21.7 Å². The second-order valence-electron chi connectivity index (χ2n) is 3.38. The van der Waals surface area contributed by atoms with E-state index in [2.05, 4.69) is 0 Å². The second kappa shape index (κ2) is 5.10. The van der Waals surface area contributed by atoms with Crippen LogP contribution < -0.4 is 4.72 Å². The van der Waals surface area contributed by atoms with Gasteiger partial charge < -0.3 is 5.11 Å². The van der Waals surface area contributed by atoms with Crippen molar-refractivity contribution in [3.63, 3.8) is 0 Å². The minimum atomic E-state index is -4.08. The molecule has 1 aromatic rings. The summed E-state index contributed by atoms with van der Waals surface area (Å²) in [7, 11) is -4.08. The van der Waals surface area contributed by atoms with Gasteiger partial charge >= 0.3 is 5.97 Å². The third kappa shape index (κ3) is 3.02. The summed E-state index contributed by atoms with van der Waals surface area (Å²) >= 11 is 0. The molecule has 0 bridgehead atoms. The lowest BCUT2D eigenvalue weighted by Crippen LogP contribution is -2.29. The van der Waals surface area contributed by atoms with Crippen molar-refractivity contribution < 1.29 is 23.2 Å². The molecule has 0 saturated carbocycles. The van der Waals surface area contributed by atoms with E-state index in [4.69, 9.17) is 5.11 Å². The first-order valence-corrected chi connectivity index (χ1v) is 6.19. The Morgan fingerprint density at radius 1 is 1.50 bits per heavy atom. The van der Waals surface area contributed by atoms with Gasteiger partial charge in [-0.2, -0.15) is 4.72 Å². The first-order chi connectivity index (χ1) is 8.25. The molecule has 0 saturated heterocycles. The maximum absolute atomic E-state index is 11.7. The Labute approximate surface area is 102 Å². The lowest BCUT2D eigenvalue weighted by Gasteiger charge is -2.07. The van der Waals surface area contributed by atoms with Gasteiger partial charge in [0.15, 0.2) is 0 Å². The molecule has 0 unspecified atom stereocenters. The predicted molar refractivity (Wildman–Crippen MR) is 60.7 cm³/mol. The number of carbonyl (C=O) groups is 1. The molecule has 1 rings (SSSR count). The Morgan fingerprint density at radius 2 is 2.11 bits per heavy atom. The van der Waals surface area contributed by atoms with Crippen LogP contribution in [-0.2, 0) is 14.8 Å². The van der Waals surface area contributed by atoms with Crippen molar-refractivity contribution in [2.45, 2.75) is 11.8 Å². The van der Waals surface area contributed by atoms with Gasteiger partial charge in [-0.3, -0.25) is 14.9 Å². The first kappa shape index (κ1) is 14.1. The quantitative estimate of drug-likeness (QED) is 0.586. The van der Waals surface area contributed by atoms with Crippen molar-refractivity contribution in [2.24, 2.45) is 0 Å². The van der Waals surface area contributed by atoms with Gasteiger partial charge in [-0.15, -0.1) is 0 Å². The molecule has 0 spiro atoms. The summed E-state index contributed by atoms with van der Waals surface area (Å²) in [6.45, 7) is 0.498. The lowest BCUT2D eigenvalue weighted by atomic mass is 10.2. The van der Waals surface area contributed by atoms with Gasteiger partial charge in [0.25, 0.3) is 5.69 Å². The number of nitro benzene ring substituents is 1. The molecular weight excluding hydrogens is 264 g/mol. The number of sulfonamides is 1. The molecule has 0 aromatic heterocycles. The van der Waals surface area contributed by atoms with Gasteiger partial charge in [-0.05, 0) is 13.0 Å². The predicted octanol–water partition coefficient (Wildman–Crippen LogP) is 0.266. The zero-order valence-electron chi connectivity index (χ0n) is 9.28. The molecule has 9 heteroatoms. The maximum atomic E-state index is 11.7. The fourth-order valence-electron chi connectivity index (χ4n) is 1.33. The molecule has 0 amide bonds. The molecule has 0 heterocycles. The summed E-state index contributed by atoms with van der Waals surface area (Å²) in [4.78, 5) is 20.0.